The van der Waals surface area contributed by atoms with E-state index in [1.54, 1.807) is 0 Å². The van der Waals surface area contributed by atoms with Crippen molar-refractivity contribution in [3.8, 4) is 0 Å². The van der Waals surface area contributed by atoms with Crippen LogP contribution in [0.4, 0.5) is 11.4 Å². The Kier molecular flexibility index (Phi) is 2.59. The number of hydrogen-bond acceptors (Lipinski definition) is 6. The molecule has 6 nitrogen and oxygen atoms in total. The molecule has 0 spiro atoms. The van der Waals surface area contributed by atoms with Gasteiger partial charge in [-0.2, -0.15) is 0 Å². The lowest BCUT2D eigenvalue weighted by Gasteiger charge is -2.23. The van der Waals surface area contributed by atoms with Gasteiger partial charge in [-0.15, -0.1) is 0 Å². The van der Waals surface area contributed by atoms with Gasteiger partial charge in [0, 0.05) is 50.6 Å². The Morgan fingerprint density at radius 1 is 0.682 bits per heavy atom. The van der Waals surface area contributed by atoms with Crippen LogP contribution in [0.1, 0.15) is 0 Å². The van der Waals surface area contributed by atoms with Crippen LogP contribution in [-0.2, 0) is 0 Å². The van der Waals surface area contributed by atoms with E-state index >= 15 is 0 Å². The molecule has 1 aromatic rings. The summed E-state index contributed by atoms with van der Waals surface area (Å²) in [7, 11) is 0. The Labute approximate surface area is 130 Å². The lowest BCUT2D eigenvalue weighted by molar-refractivity contribution is 0.503. The van der Waals surface area contributed by atoms with E-state index in [-0.39, 0.29) is 0 Å². The van der Waals surface area contributed by atoms with Gasteiger partial charge in [-0.25, -0.2) is 0 Å². The average molecular weight is 296 g/mol. The van der Waals surface area contributed by atoms with Crippen molar-refractivity contribution in [3.05, 3.63) is 24.3 Å². The molecule has 2 saturated heterocycles. The minimum Gasteiger partial charge on any atom is -0.339 e. The molecule has 0 aliphatic carbocycles. The monoisotopic (exact) mass is 296 g/mol. The minimum atomic E-state index is 0.934. The first-order valence-electron chi connectivity index (χ1n) is 8.14. The standard InChI is InChI=1S/C16H20N6/c1-2-13(21-10-8-19-6-4-17-15(19)21)12-14(3-1)22-11-9-20-7-5-18-16(20)22/h1-3,12H,4-11H2. The van der Waals surface area contributed by atoms with Crippen LogP contribution in [0.5, 0.6) is 0 Å². The maximum absolute atomic E-state index is 4.66. The fraction of sp³-hybridized carbons (Fsp3) is 0.500. The Bertz CT molecular complexity index is 613. The molecule has 0 amide bonds. The van der Waals surface area contributed by atoms with Gasteiger partial charge < -0.3 is 19.6 Å². The Balaban J connectivity index is 1.47. The van der Waals surface area contributed by atoms with Crippen LogP contribution in [-0.4, -0.2) is 74.1 Å². The van der Waals surface area contributed by atoms with Gasteiger partial charge >= 0.3 is 0 Å². The van der Waals surface area contributed by atoms with Crippen LogP contribution < -0.4 is 9.80 Å². The molecule has 1 aromatic carbocycles. The van der Waals surface area contributed by atoms with Crippen LogP contribution >= 0.6 is 0 Å². The van der Waals surface area contributed by atoms with Gasteiger partial charge in [0.15, 0.2) is 0 Å². The zero-order valence-electron chi connectivity index (χ0n) is 12.6. The van der Waals surface area contributed by atoms with Gasteiger partial charge in [-0.1, -0.05) is 6.07 Å². The normalized spacial score (nSPS) is 23.1. The van der Waals surface area contributed by atoms with Gasteiger partial charge in [0.1, 0.15) is 0 Å². The van der Waals surface area contributed by atoms with E-state index in [9.17, 15) is 0 Å². The zero-order chi connectivity index (χ0) is 14.5. The van der Waals surface area contributed by atoms with E-state index < -0.39 is 0 Å². The van der Waals surface area contributed by atoms with Gasteiger partial charge in [0.05, 0.1) is 13.1 Å². The molecule has 5 rings (SSSR count). The number of fused-ring (bicyclic) bond motifs is 2. The summed E-state index contributed by atoms with van der Waals surface area (Å²) in [6.45, 7) is 8.27. The summed E-state index contributed by atoms with van der Waals surface area (Å²) in [5.74, 6) is 2.30. The predicted molar refractivity (Wildman–Crippen MR) is 88.9 cm³/mol. The molecule has 0 N–H and O–H groups in total. The highest BCUT2D eigenvalue weighted by atomic mass is 15.5. The van der Waals surface area contributed by atoms with E-state index in [0.29, 0.717) is 0 Å². The maximum atomic E-state index is 4.66. The fourth-order valence-electron chi connectivity index (χ4n) is 3.84. The molecular weight excluding hydrogens is 276 g/mol. The van der Waals surface area contributed by atoms with Crippen LogP contribution in [0.2, 0.25) is 0 Å². The summed E-state index contributed by atoms with van der Waals surface area (Å²) in [5.41, 5.74) is 2.50. The number of aliphatic imine (C=N–C) groups is 2. The molecule has 0 radical (unpaired) electrons. The summed E-state index contributed by atoms with van der Waals surface area (Å²) < 4.78 is 0. The minimum absolute atomic E-state index is 0.934. The van der Waals surface area contributed by atoms with Crippen molar-refractivity contribution in [2.75, 3.05) is 62.2 Å². The molecule has 114 valence electrons. The number of anilines is 2. The molecular formula is C16H20N6. The van der Waals surface area contributed by atoms with Gasteiger partial charge in [0.25, 0.3) is 0 Å². The van der Waals surface area contributed by atoms with Crippen LogP contribution in [0.25, 0.3) is 0 Å². The van der Waals surface area contributed by atoms with Crippen LogP contribution in [0.15, 0.2) is 34.3 Å². The van der Waals surface area contributed by atoms with Crippen molar-refractivity contribution in [1.29, 1.82) is 0 Å². The lowest BCUT2D eigenvalue weighted by atomic mass is 10.2. The molecule has 0 saturated carbocycles. The first kappa shape index (κ1) is 12.3. The number of guanidine groups is 2. The summed E-state index contributed by atoms with van der Waals surface area (Å²) in [5, 5.41) is 0. The van der Waals surface area contributed by atoms with Crippen molar-refractivity contribution in [1.82, 2.24) is 9.80 Å². The molecule has 0 bridgehead atoms. The first-order chi connectivity index (χ1) is 10.9. The largest absolute Gasteiger partial charge is 0.339 e. The lowest BCUT2D eigenvalue weighted by Crippen LogP contribution is -2.31. The van der Waals surface area contributed by atoms with Crippen LogP contribution in [0, 0.1) is 0 Å². The smallest absolute Gasteiger partial charge is 0.201 e. The Morgan fingerprint density at radius 3 is 1.77 bits per heavy atom. The summed E-state index contributed by atoms with van der Waals surface area (Å²) in [6.07, 6.45) is 0. The van der Waals surface area contributed by atoms with E-state index in [4.69, 9.17) is 0 Å². The SMILES string of the molecule is c1cc(N2CCN3CCN=C32)cc(N2CCN3CCN=C32)c1. The van der Waals surface area contributed by atoms with Gasteiger partial charge in [-0.3, -0.25) is 9.98 Å². The molecule has 22 heavy (non-hydrogen) atoms. The highest BCUT2D eigenvalue weighted by molar-refractivity contribution is 6.02. The molecule has 2 fully saturated rings. The van der Waals surface area contributed by atoms with E-state index in [1.807, 2.05) is 0 Å². The number of hydrogen-bond donors (Lipinski definition) is 0. The highest BCUT2D eigenvalue weighted by Gasteiger charge is 2.32. The number of rotatable bonds is 2. The third kappa shape index (κ3) is 1.73. The third-order valence-corrected chi connectivity index (χ3v) is 4.93. The molecule has 0 unspecified atom stereocenters. The van der Waals surface area contributed by atoms with Crippen molar-refractivity contribution in [2.45, 2.75) is 0 Å². The number of benzene rings is 1. The van der Waals surface area contributed by atoms with Crippen molar-refractivity contribution < 1.29 is 0 Å². The van der Waals surface area contributed by atoms with Crippen molar-refractivity contribution in [2.24, 2.45) is 9.98 Å². The second kappa shape index (κ2) is 4.63. The predicted octanol–water partition coefficient (Wildman–Crippen LogP) is 0.670. The second-order valence-electron chi connectivity index (χ2n) is 6.16. The zero-order valence-corrected chi connectivity index (χ0v) is 12.6. The highest BCUT2D eigenvalue weighted by Crippen LogP contribution is 2.29. The summed E-state index contributed by atoms with van der Waals surface area (Å²) in [4.78, 5) is 18.8. The Hall–Kier alpha value is -2.24. The third-order valence-electron chi connectivity index (χ3n) is 4.93. The maximum Gasteiger partial charge on any atom is 0.201 e. The fourth-order valence-corrected chi connectivity index (χ4v) is 3.84. The summed E-state index contributed by atoms with van der Waals surface area (Å²) >= 11 is 0. The topological polar surface area (TPSA) is 37.7 Å². The van der Waals surface area contributed by atoms with E-state index in [0.717, 1.165) is 64.3 Å². The molecule has 0 atom stereocenters. The average Bonchev–Trinajstić information content (AvgIpc) is 3.27. The Morgan fingerprint density at radius 2 is 1.23 bits per heavy atom. The van der Waals surface area contributed by atoms with E-state index in [1.165, 1.54) is 11.4 Å². The quantitative estimate of drug-likeness (QED) is 0.804. The first-order valence-corrected chi connectivity index (χ1v) is 8.14. The molecule has 4 aliphatic heterocycles. The summed E-state index contributed by atoms with van der Waals surface area (Å²) in [6, 6.07) is 8.83. The van der Waals surface area contributed by atoms with Gasteiger partial charge in [-0.05, 0) is 18.2 Å². The number of nitrogens with zero attached hydrogens (tertiary/aromatic N) is 6. The van der Waals surface area contributed by atoms with E-state index in [2.05, 4.69) is 53.8 Å². The van der Waals surface area contributed by atoms with Crippen molar-refractivity contribution in [3.63, 3.8) is 0 Å². The molecule has 0 aromatic heterocycles. The van der Waals surface area contributed by atoms with Crippen molar-refractivity contribution >= 4 is 23.3 Å². The van der Waals surface area contributed by atoms with Gasteiger partial charge in [0.2, 0.25) is 11.9 Å². The molecule has 6 heteroatoms. The second-order valence-corrected chi connectivity index (χ2v) is 6.16. The molecule has 4 aliphatic rings. The van der Waals surface area contributed by atoms with Crippen LogP contribution in [0.3, 0.4) is 0 Å². The molecule has 4 heterocycles.